The molecule has 87 valence electrons. The molecule has 0 aromatic rings. The number of phosphoric ester groups is 1. The van der Waals surface area contributed by atoms with Gasteiger partial charge in [0, 0.05) is 13.1 Å². The van der Waals surface area contributed by atoms with E-state index in [9.17, 15) is 9.67 Å². The van der Waals surface area contributed by atoms with E-state index >= 15 is 0 Å². The minimum atomic E-state index is -4.41. The highest BCUT2D eigenvalue weighted by atomic mass is 31.2. The van der Waals surface area contributed by atoms with E-state index in [0.717, 1.165) is 0 Å². The van der Waals surface area contributed by atoms with Gasteiger partial charge in [0.2, 0.25) is 0 Å². The first kappa shape index (κ1) is 14.6. The molecule has 0 aromatic carbocycles. The van der Waals surface area contributed by atoms with Crippen LogP contribution in [0.3, 0.4) is 0 Å². The summed E-state index contributed by atoms with van der Waals surface area (Å²) in [7, 11) is -4.41. The van der Waals surface area contributed by atoms with Crippen molar-refractivity contribution in [3.8, 4) is 12.3 Å². The number of phosphoric acid groups is 1. The fraction of sp³-hybridized carbons (Fsp3) is 0.750. The van der Waals surface area contributed by atoms with Crippen molar-refractivity contribution in [2.24, 2.45) is 0 Å². The summed E-state index contributed by atoms with van der Waals surface area (Å²) in [6.45, 7) is 0.850. The van der Waals surface area contributed by atoms with Crippen molar-refractivity contribution in [3.05, 3.63) is 0 Å². The van der Waals surface area contributed by atoms with Gasteiger partial charge in [0.05, 0.1) is 19.8 Å². The third kappa shape index (κ3) is 9.88. The molecule has 0 aliphatic heterocycles. The van der Waals surface area contributed by atoms with Crippen molar-refractivity contribution in [2.45, 2.75) is 6.42 Å². The monoisotopic (exact) mass is 236 g/mol. The topological polar surface area (TPSA) is 89.9 Å². The smallest absolute Gasteiger partial charge is 0.303 e. The molecule has 0 amide bonds. The van der Waals surface area contributed by atoms with Gasteiger partial charge in [-0.2, -0.15) is 0 Å². The minimum Gasteiger partial charge on any atom is -0.303 e. The van der Waals surface area contributed by atoms with Crippen LogP contribution in [0.5, 0.6) is 0 Å². The Balaban J connectivity index is 3.76. The normalized spacial score (nSPS) is 11.7. The average Bonchev–Trinajstić information content (AvgIpc) is 2.12. The second kappa shape index (κ2) is 7.83. The standard InChI is InChI=1S/C8H15NO5P/c1-2-4-9(5-3-7-10)6-8-14-15(11,12)13/h1H,3-8H2,(H2,11,12,13). The molecule has 2 N–H and O–H groups in total. The lowest BCUT2D eigenvalue weighted by Crippen LogP contribution is -2.29. The first-order chi connectivity index (χ1) is 6.99. The van der Waals surface area contributed by atoms with Gasteiger partial charge in [0.15, 0.2) is 0 Å². The molecular weight excluding hydrogens is 221 g/mol. The lowest BCUT2D eigenvalue weighted by molar-refractivity contribution is 0.147. The maximum Gasteiger partial charge on any atom is 0.469 e. The molecular formula is C8H15NO5P. The third-order valence-corrected chi connectivity index (χ3v) is 2.12. The molecule has 0 saturated heterocycles. The van der Waals surface area contributed by atoms with E-state index in [1.807, 2.05) is 0 Å². The van der Waals surface area contributed by atoms with Crippen LogP contribution in [0.4, 0.5) is 0 Å². The summed E-state index contributed by atoms with van der Waals surface area (Å²) in [6.07, 6.45) is 5.55. The number of terminal acetylenes is 1. The zero-order valence-electron chi connectivity index (χ0n) is 8.33. The minimum absolute atomic E-state index is 0.106. The second-order valence-corrected chi connectivity index (χ2v) is 4.10. The Morgan fingerprint density at radius 1 is 1.40 bits per heavy atom. The lowest BCUT2D eigenvalue weighted by Gasteiger charge is -2.18. The Morgan fingerprint density at radius 2 is 2.07 bits per heavy atom. The maximum atomic E-state index is 10.3. The Kier molecular flexibility index (Phi) is 7.61. The largest absolute Gasteiger partial charge is 0.469 e. The highest BCUT2D eigenvalue weighted by Crippen LogP contribution is 2.35. The Hall–Kier alpha value is -0.410. The fourth-order valence-electron chi connectivity index (χ4n) is 0.976. The number of hydrogen-bond acceptors (Lipinski definition) is 3. The first-order valence-corrected chi connectivity index (χ1v) is 5.96. The molecule has 0 aliphatic carbocycles. The summed E-state index contributed by atoms with van der Waals surface area (Å²) in [5, 5.41) is 10.2. The van der Waals surface area contributed by atoms with Crippen molar-refractivity contribution < 1.29 is 24.0 Å². The molecule has 0 aromatic heterocycles. The van der Waals surface area contributed by atoms with Gasteiger partial charge in [-0.1, -0.05) is 5.92 Å². The number of rotatable bonds is 8. The summed E-state index contributed by atoms with van der Waals surface area (Å²) in [6, 6.07) is 0. The van der Waals surface area contributed by atoms with Crippen LogP contribution in [0.25, 0.3) is 0 Å². The van der Waals surface area contributed by atoms with E-state index < -0.39 is 7.82 Å². The van der Waals surface area contributed by atoms with E-state index in [1.54, 1.807) is 4.90 Å². The molecule has 0 spiro atoms. The zero-order valence-corrected chi connectivity index (χ0v) is 9.23. The van der Waals surface area contributed by atoms with Gasteiger partial charge in [0.25, 0.3) is 0 Å². The summed E-state index contributed by atoms with van der Waals surface area (Å²) < 4.78 is 14.6. The van der Waals surface area contributed by atoms with Gasteiger partial charge in [-0.15, -0.1) is 6.42 Å². The van der Waals surface area contributed by atoms with Gasteiger partial charge >= 0.3 is 7.82 Å². The molecule has 0 bridgehead atoms. The van der Waals surface area contributed by atoms with E-state index in [0.29, 0.717) is 26.1 Å². The maximum absolute atomic E-state index is 10.3. The average molecular weight is 236 g/mol. The van der Waals surface area contributed by atoms with E-state index in [-0.39, 0.29) is 13.2 Å². The highest BCUT2D eigenvalue weighted by molar-refractivity contribution is 7.46. The quantitative estimate of drug-likeness (QED) is 0.452. The molecule has 0 fully saturated rings. The van der Waals surface area contributed by atoms with Crippen molar-refractivity contribution >= 4 is 7.82 Å². The molecule has 1 radical (unpaired) electrons. The van der Waals surface area contributed by atoms with E-state index in [2.05, 4.69) is 10.4 Å². The van der Waals surface area contributed by atoms with Crippen LogP contribution in [0.1, 0.15) is 6.42 Å². The molecule has 6 nitrogen and oxygen atoms in total. The van der Waals surface area contributed by atoms with Crippen LogP contribution in [-0.4, -0.2) is 47.5 Å². The summed E-state index contributed by atoms with van der Waals surface area (Å²) in [5.41, 5.74) is 0. The van der Waals surface area contributed by atoms with E-state index in [1.165, 1.54) is 0 Å². The van der Waals surface area contributed by atoms with Gasteiger partial charge in [0.1, 0.15) is 0 Å². The summed E-state index contributed by atoms with van der Waals surface area (Å²) in [5.74, 6) is 2.40. The van der Waals surface area contributed by atoms with Crippen LogP contribution < -0.4 is 0 Å². The third-order valence-electron chi connectivity index (χ3n) is 1.60. The highest BCUT2D eigenvalue weighted by Gasteiger charge is 2.14. The van der Waals surface area contributed by atoms with Crippen molar-refractivity contribution in [2.75, 3.05) is 32.8 Å². The van der Waals surface area contributed by atoms with Crippen molar-refractivity contribution in [3.63, 3.8) is 0 Å². The van der Waals surface area contributed by atoms with Crippen LogP contribution in [0.2, 0.25) is 0 Å². The van der Waals surface area contributed by atoms with Gasteiger partial charge < -0.3 is 9.79 Å². The van der Waals surface area contributed by atoms with Crippen LogP contribution in [-0.2, 0) is 14.2 Å². The molecule has 0 heterocycles. The molecule has 0 unspecified atom stereocenters. The Bertz CT molecular complexity index is 246. The predicted octanol–water partition coefficient (Wildman–Crippen LogP) is -0.148. The SMILES string of the molecule is C#CCN(CCC[O])CCOP(=O)(O)O. The van der Waals surface area contributed by atoms with E-state index in [4.69, 9.17) is 16.2 Å². The van der Waals surface area contributed by atoms with Crippen molar-refractivity contribution in [1.29, 1.82) is 0 Å². The molecule has 0 atom stereocenters. The fourth-order valence-corrected chi connectivity index (χ4v) is 1.30. The molecule has 0 aliphatic rings. The Labute approximate surface area is 89.1 Å². The lowest BCUT2D eigenvalue weighted by atomic mass is 10.4. The number of nitrogens with zero attached hydrogens (tertiary/aromatic N) is 1. The summed E-state index contributed by atoms with van der Waals surface area (Å²) >= 11 is 0. The van der Waals surface area contributed by atoms with Gasteiger partial charge in [-0.05, 0) is 6.42 Å². The van der Waals surface area contributed by atoms with Gasteiger partial charge in [-0.3, -0.25) is 9.42 Å². The number of hydrogen-bond donors (Lipinski definition) is 2. The molecule has 15 heavy (non-hydrogen) atoms. The molecule has 7 heteroatoms. The second-order valence-electron chi connectivity index (χ2n) is 2.86. The van der Waals surface area contributed by atoms with Crippen molar-refractivity contribution in [1.82, 2.24) is 4.90 Å². The van der Waals surface area contributed by atoms with Crippen LogP contribution in [0.15, 0.2) is 0 Å². The van der Waals surface area contributed by atoms with Crippen LogP contribution in [0, 0.1) is 12.3 Å². The molecule has 0 saturated carbocycles. The Morgan fingerprint density at radius 3 is 2.53 bits per heavy atom. The van der Waals surface area contributed by atoms with Crippen LogP contribution >= 0.6 is 7.82 Å². The van der Waals surface area contributed by atoms with Gasteiger partial charge in [-0.25, -0.2) is 9.67 Å². The molecule has 0 rings (SSSR count). The zero-order chi connectivity index (χ0) is 11.7. The first-order valence-electron chi connectivity index (χ1n) is 4.43. The predicted molar refractivity (Wildman–Crippen MR) is 53.4 cm³/mol. The summed E-state index contributed by atoms with van der Waals surface area (Å²) in [4.78, 5) is 18.6.